The van der Waals surface area contributed by atoms with Crippen molar-refractivity contribution in [2.24, 2.45) is 0 Å². The predicted molar refractivity (Wildman–Crippen MR) is 76.5 cm³/mol. The lowest BCUT2D eigenvalue weighted by Gasteiger charge is -2.14. The van der Waals surface area contributed by atoms with Crippen molar-refractivity contribution >= 4 is 11.8 Å². The van der Waals surface area contributed by atoms with Crippen LogP contribution in [0, 0.1) is 0 Å². The highest BCUT2D eigenvalue weighted by Crippen LogP contribution is 2.05. The lowest BCUT2D eigenvalue weighted by Crippen LogP contribution is -2.37. The van der Waals surface area contributed by atoms with E-state index in [1.807, 2.05) is 18.2 Å². The van der Waals surface area contributed by atoms with E-state index in [0.29, 0.717) is 12.4 Å². The molecule has 2 aromatic heterocycles. The zero-order chi connectivity index (χ0) is 15.2. The molecule has 0 radical (unpaired) electrons. The molecule has 21 heavy (non-hydrogen) atoms. The molecule has 0 bridgehead atoms. The summed E-state index contributed by atoms with van der Waals surface area (Å²) < 4.78 is 1.65. The van der Waals surface area contributed by atoms with Crippen molar-refractivity contribution in [1.82, 2.24) is 25.0 Å². The molecule has 0 fully saturated rings. The first-order valence-electron chi connectivity index (χ1n) is 6.49. The second-order valence-electron chi connectivity index (χ2n) is 4.62. The van der Waals surface area contributed by atoms with Gasteiger partial charge in [0.2, 0.25) is 11.8 Å². The van der Waals surface area contributed by atoms with E-state index in [1.165, 1.54) is 11.8 Å². The molecule has 1 N–H and O–H groups in total. The Morgan fingerprint density at radius 2 is 2.19 bits per heavy atom. The Morgan fingerprint density at radius 3 is 2.86 bits per heavy atom. The van der Waals surface area contributed by atoms with Gasteiger partial charge in [-0.2, -0.15) is 5.10 Å². The van der Waals surface area contributed by atoms with Gasteiger partial charge in [0, 0.05) is 39.1 Å². The van der Waals surface area contributed by atoms with E-state index < -0.39 is 0 Å². The fourth-order valence-corrected chi connectivity index (χ4v) is 1.68. The molecule has 0 atom stereocenters. The van der Waals surface area contributed by atoms with Crippen molar-refractivity contribution in [3.63, 3.8) is 0 Å². The van der Waals surface area contributed by atoms with Gasteiger partial charge in [0.25, 0.3) is 0 Å². The summed E-state index contributed by atoms with van der Waals surface area (Å²) in [6, 6.07) is 5.48. The molecule has 0 saturated heterocycles. The Bertz CT molecular complexity index is 624. The monoisotopic (exact) mass is 287 g/mol. The second kappa shape index (κ2) is 6.65. The molecule has 0 saturated carbocycles. The Balaban J connectivity index is 1.93. The summed E-state index contributed by atoms with van der Waals surface area (Å²) in [5.41, 5.74) is 0.911. The van der Waals surface area contributed by atoms with Crippen LogP contribution in [0.15, 0.2) is 36.8 Å². The Hall–Kier alpha value is -2.70. The van der Waals surface area contributed by atoms with Gasteiger partial charge >= 0.3 is 0 Å². The van der Waals surface area contributed by atoms with Crippen molar-refractivity contribution in [3.8, 4) is 5.82 Å². The molecular formula is C14H17N5O2. The van der Waals surface area contributed by atoms with Crippen molar-refractivity contribution < 1.29 is 9.59 Å². The summed E-state index contributed by atoms with van der Waals surface area (Å²) in [6.45, 7) is 1.85. The molecule has 0 unspecified atom stereocenters. The molecule has 7 nitrogen and oxygen atoms in total. The number of aromatic nitrogens is 3. The number of carbonyl (C=O) groups is 2. The van der Waals surface area contributed by atoms with Crippen LogP contribution in [0.25, 0.3) is 5.82 Å². The van der Waals surface area contributed by atoms with Crippen molar-refractivity contribution in [1.29, 1.82) is 0 Å². The third-order valence-electron chi connectivity index (χ3n) is 2.96. The summed E-state index contributed by atoms with van der Waals surface area (Å²) in [4.78, 5) is 28.3. The second-order valence-corrected chi connectivity index (χ2v) is 4.62. The predicted octanol–water partition coefficient (Wildman–Crippen LogP) is 0.362. The SMILES string of the molecule is CC(=O)N(C)CC(=O)NCc1ccnc(-n2cccn2)c1. The summed E-state index contributed by atoms with van der Waals surface area (Å²) in [5, 5.41) is 6.87. The normalized spacial score (nSPS) is 10.2. The minimum atomic E-state index is -0.204. The van der Waals surface area contributed by atoms with E-state index in [9.17, 15) is 9.59 Å². The number of rotatable bonds is 5. The van der Waals surface area contributed by atoms with Gasteiger partial charge in [-0.3, -0.25) is 9.59 Å². The van der Waals surface area contributed by atoms with Gasteiger partial charge in [-0.25, -0.2) is 9.67 Å². The minimum absolute atomic E-state index is 0.0480. The molecule has 0 aliphatic carbocycles. The topological polar surface area (TPSA) is 80.1 Å². The molecule has 0 aliphatic rings. The molecule has 0 aromatic carbocycles. The number of nitrogens with zero attached hydrogens (tertiary/aromatic N) is 4. The highest BCUT2D eigenvalue weighted by molar-refractivity contribution is 5.83. The summed E-state index contributed by atoms with van der Waals surface area (Å²) in [7, 11) is 1.59. The minimum Gasteiger partial charge on any atom is -0.350 e. The fraction of sp³-hybridized carbons (Fsp3) is 0.286. The molecular weight excluding hydrogens is 270 g/mol. The first-order chi connectivity index (χ1) is 10.1. The van der Waals surface area contributed by atoms with Crippen LogP contribution in [0.2, 0.25) is 0 Å². The van der Waals surface area contributed by atoms with E-state index in [4.69, 9.17) is 0 Å². The third kappa shape index (κ3) is 4.13. The van der Waals surface area contributed by atoms with Crippen LogP contribution < -0.4 is 5.32 Å². The largest absolute Gasteiger partial charge is 0.350 e. The first-order valence-corrected chi connectivity index (χ1v) is 6.49. The fourth-order valence-electron chi connectivity index (χ4n) is 1.68. The van der Waals surface area contributed by atoms with Gasteiger partial charge in [-0.05, 0) is 23.8 Å². The number of pyridine rings is 1. The van der Waals surface area contributed by atoms with E-state index in [2.05, 4.69) is 15.4 Å². The molecule has 0 spiro atoms. The summed E-state index contributed by atoms with van der Waals surface area (Å²) in [5.74, 6) is 0.341. The number of hydrogen-bond acceptors (Lipinski definition) is 4. The molecule has 0 aliphatic heterocycles. The van der Waals surface area contributed by atoms with Crippen LogP contribution in [0.3, 0.4) is 0 Å². The highest BCUT2D eigenvalue weighted by Gasteiger charge is 2.08. The number of amides is 2. The average Bonchev–Trinajstić information content (AvgIpc) is 2.99. The molecule has 2 rings (SSSR count). The van der Waals surface area contributed by atoms with Gasteiger partial charge in [-0.15, -0.1) is 0 Å². The quantitative estimate of drug-likeness (QED) is 0.861. The number of likely N-dealkylation sites (N-methyl/N-ethyl adjacent to an activating group) is 1. The van der Waals surface area contributed by atoms with Crippen LogP contribution in [-0.4, -0.2) is 45.1 Å². The number of nitrogens with one attached hydrogen (secondary N) is 1. The standard InChI is InChI=1S/C14H17N5O2/c1-11(20)18(2)10-14(21)16-9-12-4-6-15-13(8-12)19-7-3-5-17-19/h3-8H,9-10H2,1-2H3,(H,16,21). The maximum absolute atomic E-state index is 11.7. The summed E-state index contributed by atoms with van der Waals surface area (Å²) >= 11 is 0. The zero-order valence-corrected chi connectivity index (χ0v) is 12.0. The van der Waals surface area contributed by atoms with Crippen LogP contribution >= 0.6 is 0 Å². The lowest BCUT2D eigenvalue weighted by molar-refractivity contribution is -0.133. The van der Waals surface area contributed by atoms with Gasteiger partial charge < -0.3 is 10.2 Å². The van der Waals surface area contributed by atoms with E-state index >= 15 is 0 Å². The van der Waals surface area contributed by atoms with E-state index in [1.54, 1.807) is 30.3 Å². The Morgan fingerprint density at radius 1 is 1.38 bits per heavy atom. The number of hydrogen-bond donors (Lipinski definition) is 1. The van der Waals surface area contributed by atoms with Crippen molar-refractivity contribution in [3.05, 3.63) is 42.4 Å². The van der Waals surface area contributed by atoms with Gasteiger partial charge in [0.05, 0.1) is 6.54 Å². The summed E-state index contributed by atoms with van der Waals surface area (Å²) in [6.07, 6.45) is 5.14. The van der Waals surface area contributed by atoms with Crippen molar-refractivity contribution in [2.75, 3.05) is 13.6 Å². The molecule has 2 amide bonds. The van der Waals surface area contributed by atoms with Crippen LogP contribution in [0.5, 0.6) is 0 Å². The first kappa shape index (κ1) is 14.7. The Labute approximate surface area is 122 Å². The number of carbonyl (C=O) groups excluding carboxylic acids is 2. The van der Waals surface area contributed by atoms with Crippen LogP contribution in [-0.2, 0) is 16.1 Å². The van der Waals surface area contributed by atoms with E-state index in [-0.39, 0.29) is 18.4 Å². The van der Waals surface area contributed by atoms with Crippen LogP contribution in [0.4, 0.5) is 0 Å². The Kier molecular flexibility index (Phi) is 4.65. The van der Waals surface area contributed by atoms with E-state index in [0.717, 1.165) is 5.56 Å². The zero-order valence-electron chi connectivity index (χ0n) is 12.0. The third-order valence-corrected chi connectivity index (χ3v) is 2.96. The van der Waals surface area contributed by atoms with Gasteiger partial charge in [0.15, 0.2) is 5.82 Å². The smallest absolute Gasteiger partial charge is 0.239 e. The van der Waals surface area contributed by atoms with Crippen LogP contribution in [0.1, 0.15) is 12.5 Å². The molecule has 7 heteroatoms. The highest BCUT2D eigenvalue weighted by atomic mass is 16.2. The average molecular weight is 287 g/mol. The molecule has 110 valence electrons. The maximum atomic E-state index is 11.7. The van der Waals surface area contributed by atoms with Gasteiger partial charge in [0.1, 0.15) is 0 Å². The lowest BCUT2D eigenvalue weighted by atomic mass is 10.2. The van der Waals surface area contributed by atoms with Gasteiger partial charge in [-0.1, -0.05) is 0 Å². The maximum Gasteiger partial charge on any atom is 0.239 e. The molecule has 2 aromatic rings. The molecule has 2 heterocycles. The van der Waals surface area contributed by atoms with Crippen molar-refractivity contribution in [2.45, 2.75) is 13.5 Å².